The topological polar surface area (TPSA) is 86.1 Å². The Hall–Kier alpha value is -2.65. The summed E-state index contributed by atoms with van der Waals surface area (Å²) in [5.41, 5.74) is 3.79. The molecule has 0 fully saturated rings. The highest BCUT2D eigenvalue weighted by Crippen LogP contribution is 2.40. The van der Waals surface area contributed by atoms with E-state index in [4.69, 9.17) is 4.74 Å². The molecule has 0 aliphatic heterocycles. The third-order valence-corrected chi connectivity index (χ3v) is 8.35. The van der Waals surface area contributed by atoms with Gasteiger partial charge in [0.15, 0.2) is 11.0 Å². The van der Waals surface area contributed by atoms with Gasteiger partial charge in [0, 0.05) is 17.5 Å². The number of benzene rings is 1. The Morgan fingerprint density at radius 2 is 2.00 bits per heavy atom. The van der Waals surface area contributed by atoms with Crippen LogP contribution in [0.15, 0.2) is 29.4 Å². The Kier molecular flexibility index (Phi) is 7.42. The molecule has 1 atom stereocenters. The van der Waals surface area contributed by atoms with E-state index in [-0.39, 0.29) is 11.7 Å². The summed E-state index contributed by atoms with van der Waals surface area (Å²) in [6.07, 6.45) is 2.79. The monoisotopic (exact) mass is 498 g/mol. The third kappa shape index (κ3) is 5.05. The number of anilines is 1. The summed E-state index contributed by atoms with van der Waals surface area (Å²) in [6, 6.07) is 8.31. The van der Waals surface area contributed by atoms with E-state index in [1.165, 1.54) is 40.6 Å². The standard InChI is InChI=1S/C25H30N4O3S2/c1-14(2)16-7-9-17(10-8-16)22-27-28-25(29(22)4)33-13-20(30)26-23-21(24(31)32-5)18-11-6-15(3)12-19(18)34-23/h7-10,14-15H,6,11-13H2,1-5H3,(H,26,30). The first kappa shape index (κ1) is 24.5. The zero-order valence-electron chi connectivity index (χ0n) is 20.2. The second-order valence-electron chi connectivity index (χ2n) is 9.03. The first-order chi connectivity index (χ1) is 16.3. The van der Waals surface area contributed by atoms with Crippen molar-refractivity contribution in [2.75, 3.05) is 18.2 Å². The van der Waals surface area contributed by atoms with Crippen molar-refractivity contribution in [3.8, 4) is 11.4 Å². The summed E-state index contributed by atoms with van der Waals surface area (Å²) in [5, 5.41) is 12.8. The fourth-order valence-corrected chi connectivity index (χ4v) is 6.28. The molecule has 0 spiro atoms. The minimum Gasteiger partial charge on any atom is -0.465 e. The average molecular weight is 499 g/mol. The Balaban J connectivity index is 1.45. The summed E-state index contributed by atoms with van der Waals surface area (Å²) < 4.78 is 6.91. The summed E-state index contributed by atoms with van der Waals surface area (Å²) in [5.74, 6) is 1.38. The maximum absolute atomic E-state index is 12.8. The highest BCUT2D eigenvalue weighted by atomic mass is 32.2. The minimum absolute atomic E-state index is 0.165. The number of nitrogens with zero attached hydrogens (tertiary/aromatic N) is 3. The molecule has 1 aromatic carbocycles. The van der Waals surface area contributed by atoms with E-state index in [2.05, 4.69) is 48.4 Å². The zero-order chi connectivity index (χ0) is 24.4. The lowest BCUT2D eigenvalue weighted by molar-refractivity contribution is -0.113. The van der Waals surface area contributed by atoms with E-state index in [9.17, 15) is 9.59 Å². The predicted octanol–water partition coefficient (Wildman–Crippen LogP) is 5.31. The number of carbonyl (C=O) groups is 2. The smallest absolute Gasteiger partial charge is 0.341 e. The molecule has 180 valence electrons. The number of thiophene rings is 1. The number of esters is 1. The van der Waals surface area contributed by atoms with Crippen LogP contribution in [0.2, 0.25) is 0 Å². The maximum atomic E-state index is 12.8. The van der Waals surface area contributed by atoms with Crippen molar-refractivity contribution < 1.29 is 14.3 Å². The lowest BCUT2D eigenvalue weighted by Gasteiger charge is -2.18. The second-order valence-corrected chi connectivity index (χ2v) is 11.1. The van der Waals surface area contributed by atoms with Gasteiger partial charge in [-0.3, -0.25) is 4.79 Å². The van der Waals surface area contributed by atoms with Gasteiger partial charge in [0.25, 0.3) is 0 Å². The number of hydrogen-bond acceptors (Lipinski definition) is 7. The van der Waals surface area contributed by atoms with Crippen LogP contribution < -0.4 is 5.32 Å². The molecule has 0 saturated carbocycles. The lowest BCUT2D eigenvalue weighted by atomic mass is 9.88. The molecule has 9 heteroatoms. The second kappa shape index (κ2) is 10.3. The number of hydrogen-bond donors (Lipinski definition) is 1. The number of amides is 1. The first-order valence-electron chi connectivity index (χ1n) is 11.4. The number of methoxy groups -OCH3 is 1. The van der Waals surface area contributed by atoms with Crippen LogP contribution in [0.3, 0.4) is 0 Å². The number of rotatable bonds is 7. The molecule has 34 heavy (non-hydrogen) atoms. The fourth-order valence-electron chi connectivity index (χ4n) is 4.16. The molecular weight excluding hydrogens is 468 g/mol. The Morgan fingerprint density at radius 3 is 2.68 bits per heavy atom. The van der Waals surface area contributed by atoms with Crippen LogP contribution in [-0.4, -0.2) is 39.5 Å². The molecule has 0 bridgehead atoms. The molecule has 1 N–H and O–H groups in total. The fraction of sp³-hybridized carbons (Fsp3) is 0.440. The highest BCUT2D eigenvalue weighted by molar-refractivity contribution is 7.99. The van der Waals surface area contributed by atoms with Crippen LogP contribution in [-0.2, 0) is 29.4 Å². The third-order valence-electron chi connectivity index (χ3n) is 6.16. The molecule has 1 unspecified atom stereocenters. The van der Waals surface area contributed by atoms with Crippen LogP contribution >= 0.6 is 23.1 Å². The molecule has 3 aromatic rings. The van der Waals surface area contributed by atoms with Crippen LogP contribution in [0, 0.1) is 5.92 Å². The van der Waals surface area contributed by atoms with Crippen molar-refractivity contribution in [2.45, 2.75) is 51.1 Å². The molecule has 2 aromatic heterocycles. The number of fused-ring (bicyclic) bond motifs is 1. The number of ether oxygens (including phenoxy) is 1. The molecule has 2 heterocycles. The van der Waals surface area contributed by atoms with E-state index in [0.29, 0.717) is 27.6 Å². The zero-order valence-corrected chi connectivity index (χ0v) is 21.8. The van der Waals surface area contributed by atoms with Crippen LogP contribution in [0.4, 0.5) is 5.00 Å². The van der Waals surface area contributed by atoms with E-state index in [0.717, 1.165) is 36.2 Å². The summed E-state index contributed by atoms with van der Waals surface area (Å²) in [7, 11) is 3.27. The lowest BCUT2D eigenvalue weighted by Crippen LogP contribution is -2.17. The predicted molar refractivity (Wildman–Crippen MR) is 137 cm³/mol. The van der Waals surface area contributed by atoms with Crippen LogP contribution in [0.5, 0.6) is 0 Å². The van der Waals surface area contributed by atoms with Crippen molar-refractivity contribution in [1.29, 1.82) is 0 Å². The van der Waals surface area contributed by atoms with E-state index in [1.807, 2.05) is 23.7 Å². The molecule has 0 radical (unpaired) electrons. The average Bonchev–Trinajstić information content (AvgIpc) is 3.36. The summed E-state index contributed by atoms with van der Waals surface area (Å²) in [4.78, 5) is 26.4. The Bertz CT molecular complexity index is 1200. The molecule has 4 rings (SSSR count). The number of aromatic nitrogens is 3. The summed E-state index contributed by atoms with van der Waals surface area (Å²) >= 11 is 2.81. The largest absolute Gasteiger partial charge is 0.465 e. The molecule has 1 aliphatic rings. The van der Waals surface area contributed by atoms with E-state index < -0.39 is 5.97 Å². The minimum atomic E-state index is -0.392. The van der Waals surface area contributed by atoms with Gasteiger partial charge in [-0.25, -0.2) is 4.79 Å². The van der Waals surface area contributed by atoms with Gasteiger partial charge in [-0.15, -0.1) is 21.5 Å². The number of nitrogens with one attached hydrogen (secondary N) is 1. The quantitative estimate of drug-likeness (QED) is 0.351. The van der Waals surface area contributed by atoms with Crippen molar-refractivity contribution in [1.82, 2.24) is 14.8 Å². The number of carbonyl (C=O) groups excluding carboxylic acids is 2. The molecule has 1 amide bonds. The maximum Gasteiger partial charge on any atom is 0.341 e. The first-order valence-corrected chi connectivity index (χ1v) is 13.2. The van der Waals surface area contributed by atoms with Crippen molar-refractivity contribution in [2.24, 2.45) is 13.0 Å². The van der Waals surface area contributed by atoms with Gasteiger partial charge in [-0.05, 0) is 42.2 Å². The van der Waals surface area contributed by atoms with Crippen molar-refractivity contribution >= 4 is 40.0 Å². The van der Waals surface area contributed by atoms with Gasteiger partial charge >= 0.3 is 5.97 Å². The van der Waals surface area contributed by atoms with Gasteiger partial charge in [-0.1, -0.05) is 56.8 Å². The van der Waals surface area contributed by atoms with Gasteiger partial charge in [0.05, 0.1) is 18.4 Å². The van der Waals surface area contributed by atoms with Crippen LogP contribution in [0.25, 0.3) is 11.4 Å². The van der Waals surface area contributed by atoms with Crippen LogP contribution in [0.1, 0.15) is 59.5 Å². The molecule has 1 aliphatic carbocycles. The van der Waals surface area contributed by atoms with Gasteiger partial charge in [0.1, 0.15) is 5.00 Å². The molecule has 7 nitrogen and oxygen atoms in total. The van der Waals surface area contributed by atoms with Crippen molar-refractivity contribution in [3.05, 3.63) is 45.8 Å². The number of thioether (sulfide) groups is 1. The van der Waals surface area contributed by atoms with E-state index in [1.54, 1.807) is 0 Å². The van der Waals surface area contributed by atoms with E-state index >= 15 is 0 Å². The SMILES string of the molecule is COC(=O)c1c(NC(=O)CSc2nnc(-c3ccc(C(C)C)cc3)n2C)sc2c1CCC(C)C2. The van der Waals surface area contributed by atoms with Gasteiger partial charge < -0.3 is 14.6 Å². The molecule has 0 saturated heterocycles. The Labute approximate surface area is 208 Å². The molecular formula is C25H30N4O3S2. The Morgan fingerprint density at radius 1 is 1.26 bits per heavy atom. The normalized spacial score (nSPS) is 15.3. The highest BCUT2D eigenvalue weighted by Gasteiger charge is 2.29. The van der Waals surface area contributed by atoms with Crippen molar-refractivity contribution in [3.63, 3.8) is 0 Å². The van der Waals surface area contributed by atoms with Gasteiger partial charge in [0.2, 0.25) is 5.91 Å². The van der Waals surface area contributed by atoms with Gasteiger partial charge in [-0.2, -0.15) is 0 Å². The summed E-state index contributed by atoms with van der Waals surface area (Å²) in [6.45, 7) is 6.54.